The summed E-state index contributed by atoms with van der Waals surface area (Å²) >= 11 is 6.40. The van der Waals surface area contributed by atoms with Crippen molar-refractivity contribution >= 4 is 11.6 Å². The van der Waals surface area contributed by atoms with Crippen LogP contribution in [0.5, 0.6) is 0 Å². The van der Waals surface area contributed by atoms with Gasteiger partial charge in [-0.3, -0.25) is 19.5 Å². The Labute approximate surface area is 142 Å². The van der Waals surface area contributed by atoms with Gasteiger partial charge >= 0.3 is 0 Å². The van der Waals surface area contributed by atoms with Gasteiger partial charge in [-0.05, 0) is 18.1 Å². The van der Waals surface area contributed by atoms with Crippen LogP contribution < -0.4 is 0 Å². The Morgan fingerprint density at radius 3 is 2.43 bits per heavy atom. The summed E-state index contributed by atoms with van der Waals surface area (Å²) in [5, 5.41) is 5.28. The lowest BCUT2D eigenvalue weighted by Crippen LogP contribution is -2.45. The molecule has 2 aromatic heterocycles. The number of aryl methyl sites for hydroxylation is 2. The first-order valence-electron chi connectivity index (χ1n) is 8.21. The summed E-state index contributed by atoms with van der Waals surface area (Å²) in [4.78, 5) is 9.15. The van der Waals surface area contributed by atoms with Crippen molar-refractivity contribution in [2.75, 3.05) is 26.2 Å². The first-order valence-corrected chi connectivity index (χ1v) is 8.59. The van der Waals surface area contributed by atoms with E-state index in [0.717, 1.165) is 56.5 Å². The molecule has 0 aromatic carbocycles. The Kier molecular flexibility index (Phi) is 5.30. The minimum Gasteiger partial charge on any atom is -0.296 e. The third kappa shape index (κ3) is 3.91. The van der Waals surface area contributed by atoms with Gasteiger partial charge in [-0.1, -0.05) is 24.6 Å². The molecule has 1 aliphatic rings. The summed E-state index contributed by atoms with van der Waals surface area (Å²) < 4.78 is 1.79. The predicted molar refractivity (Wildman–Crippen MR) is 92.4 cm³/mol. The first-order chi connectivity index (χ1) is 11.2. The van der Waals surface area contributed by atoms with Gasteiger partial charge in [0.15, 0.2) is 0 Å². The molecule has 0 saturated carbocycles. The van der Waals surface area contributed by atoms with Gasteiger partial charge in [-0.15, -0.1) is 0 Å². The van der Waals surface area contributed by atoms with E-state index >= 15 is 0 Å². The monoisotopic (exact) mass is 333 g/mol. The van der Waals surface area contributed by atoms with Crippen molar-refractivity contribution < 1.29 is 0 Å². The molecular formula is C17H24ClN5. The molecular weight excluding hydrogens is 310 g/mol. The lowest BCUT2D eigenvalue weighted by atomic mass is 10.1. The fourth-order valence-corrected chi connectivity index (χ4v) is 3.33. The molecule has 1 aliphatic heterocycles. The van der Waals surface area contributed by atoms with Crippen LogP contribution in [-0.4, -0.2) is 50.7 Å². The summed E-state index contributed by atoms with van der Waals surface area (Å²) in [5.41, 5.74) is 3.59. The van der Waals surface area contributed by atoms with E-state index in [1.165, 1.54) is 11.1 Å². The molecule has 0 radical (unpaired) electrons. The molecule has 1 fully saturated rings. The lowest BCUT2D eigenvalue weighted by Gasteiger charge is -2.34. The van der Waals surface area contributed by atoms with E-state index in [0.29, 0.717) is 0 Å². The number of hydrogen-bond donors (Lipinski definition) is 0. The highest BCUT2D eigenvalue weighted by molar-refractivity contribution is 6.30. The Morgan fingerprint density at radius 2 is 1.83 bits per heavy atom. The van der Waals surface area contributed by atoms with E-state index in [1.807, 2.05) is 25.5 Å². The normalized spacial score (nSPS) is 16.8. The second-order valence-electron chi connectivity index (χ2n) is 6.11. The van der Waals surface area contributed by atoms with Gasteiger partial charge in [-0.2, -0.15) is 5.10 Å². The smallest absolute Gasteiger partial charge is 0.131 e. The number of aromatic nitrogens is 3. The molecule has 0 amide bonds. The van der Waals surface area contributed by atoms with Crippen molar-refractivity contribution in [2.45, 2.75) is 26.4 Å². The molecule has 0 unspecified atom stereocenters. The van der Waals surface area contributed by atoms with Crippen LogP contribution >= 0.6 is 11.6 Å². The van der Waals surface area contributed by atoms with Crippen LogP contribution in [0.3, 0.4) is 0 Å². The molecule has 1 saturated heterocycles. The number of rotatable bonds is 5. The average Bonchev–Trinajstić information content (AvgIpc) is 2.85. The molecule has 124 valence electrons. The second kappa shape index (κ2) is 7.43. The summed E-state index contributed by atoms with van der Waals surface area (Å²) in [7, 11) is 1.91. The van der Waals surface area contributed by atoms with Gasteiger partial charge in [0.1, 0.15) is 5.15 Å². The minimum atomic E-state index is 0.777. The molecule has 3 rings (SSSR count). The SMILES string of the molecule is CCc1nn(C)c(Cl)c1CN1CCN(Cc2cccnc2)CC1. The lowest BCUT2D eigenvalue weighted by molar-refractivity contribution is 0.121. The van der Waals surface area contributed by atoms with Crippen molar-refractivity contribution in [2.24, 2.45) is 7.05 Å². The van der Waals surface area contributed by atoms with Crippen LogP contribution in [0.4, 0.5) is 0 Å². The standard InChI is InChI=1S/C17H24ClN5/c1-3-16-15(17(18)21(2)20-16)13-23-9-7-22(8-10-23)12-14-5-4-6-19-11-14/h4-6,11H,3,7-10,12-13H2,1-2H3. The van der Waals surface area contributed by atoms with Gasteiger partial charge in [0.05, 0.1) is 5.69 Å². The quantitative estimate of drug-likeness (QED) is 0.841. The molecule has 0 N–H and O–H groups in total. The fraction of sp³-hybridized carbons (Fsp3) is 0.529. The van der Waals surface area contributed by atoms with E-state index < -0.39 is 0 Å². The zero-order valence-electron chi connectivity index (χ0n) is 13.9. The van der Waals surface area contributed by atoms with Gasteiger partial charge in [0.25, 0.3) is 0 Å². The van der Waals surface area contributed by atoms with Gasteiger partial charge in [0.2, 0.25) is 0 Å². The van der Waals surface area contributed by atoms with E-state index in [-0.39, 0.29) is 0 Å². The average molecular weight is 334 g/mol. The molecule has 6 heteroatoms. The van der Waals surface area contributed by atoms with E-state index in [9.17, 15) is 0 Å². The largest absolute Gasteiger partial charge is 0.296 e. The summed E-state index contributed by atoms with van der Waals surface area (Å²) in [5.74, 6) is 0. The predicted octanol–water partition coefficient (Wildman–Crippen LogP) is 2.35. The van der Waals surface area contributed by atoms with E-state index in [4.69, 9.17) is 11.6 Å². The van der Waals surface area contributed by atoms with Gasteiger partial charge in [0, 0.05) is 64.3 Å². The zero-order valence-corrected chi connectivity index (χ0v) is 14.6. The highest BCUT2D eigenvalue weighted by atomic mass is 35.5. The Balaban J connectivity index is 1.55. The number of hydrogen-bond acceptors (Lipinski definition) is 4. The zero-order chi connectivity index (χ0) is 16.2. The van der Waals surface area contributed by atoms with Crippen molar-refractivity contribution in [1.82, 2.24) is 24.6 Å². The fourth-order valence-electron chi connectivity index (χ4n) is 3.12. The third-order valence-corrected chi connectivity index (χ3v) is 4.94. The highest BCUT2D eigenvalue weighted by Crippen LogP contribution is 2.22. The van der Waals surface area contributed by atoms with Crippen LogP contribution in [0.1, 0.15) is 23.7 Å². The molecule has 3 heterocycles. The van der Waals surface area contributed by atoms with E-state index in [1.54, 1.807) is 4.68 Å². The number of nitrogens with zero attached hydrogens (tertiary/aromatic N) is 5. The van der Waals surface area contributed by atoms with Gasteiger partial charge in [-0.25, -0.2) is 0 Å². The molecule has 2 aromatic rings. The Hall–Kier alpha value is -1.43. The van der Waals surface area contributed by atoms with Crippen LogP contribution in [0.15, 0.2) is 24.5 Å². The molecule has 23 heavy (non-hydrogen) atoms. The molecule has 0 atom stereocenters. The molecule has 0 aliphatic carbocycles. The maximum Gasteiger partial charge on any atom is 0.131 e. The van der Waals surface area contributed by atoms with E-state index in [2.05, 4.69) is 32.9 Å². The third-order valence-electron chi connectivity index (χ3n) is 4.46. The van der Waals surface area contributed by atoms with Crippen LogP contribution in [-0.2, 0) is 26.6 Å². The maximum atomic E-state index is 6.40. The van der Waals surface area contributed by atoms with Crippen molar-refractivity contribution in [1.29, 1.82) is 0 Å². The van der Waals surface area contributed by atoms with Crippen molar-refractivity contribution in [3.8, 4) is 0 Å². The van der Waals surface area contributed by atoms with Crippen LogP contribution in [0.2, 0.25) is 5.15 Å². The molecule has 0 spiro atoms. The number of halogens is 1. The second-order valence-corrected chi connectivity index (χ2v) is 6.46. The van der Waals surface area contributed by atoms with Gasteiger partial charge < -0.3 is 0 Å². The van der Waals surface area contributed by atoms with Crippen LogP contribution in [0, 0.1) is 0 Å². The summed E-state index contributed by atoms with van der Waals surface area (Å²) in [6.07, 6.45) is 4.70. The highest BCUT2D eigenvalue weighted by Gasteiger charge is 2.21. The maximum absolute atomic E-state index is 6.40. The Bertz CT molecular complexity index is 632. The molecule has 0 bridgehead atoms. The topological polar surface area (TPSA) is 37.2 Å². The van der Waals surface area contributed by atoms with Crippen LogP contribution in [0.25, 0.3) is 0 Å². The number of piperazine rings is 1. The Morgan fingerprint density at radius 1 is 1.13 bits per heavy atom. The summed E-state index contributed by atoms with van der Waals surface area (Å²) in [6, 6.07) is 4.14. The van der Waals surface area contributed by atoms with Crippen molar-refractivity contribution in [3.63, 3.8) is 0 Å². The minimum absolute atomic E-state index is 0.777. The number of pyridine rings is 1. The first kappa shape index (κ1) is 16.4. The molecule has 5 nitrogen and oxygen atoms in total. The summed E-state index contributed by atoms with van der Waals surface area (Å²) in [6.45, 7) is 8.30. The van der Waals surface area contributed by atoms with Crippen molar-refractivity contribution in [3.05, 3.63) is 46.5 Å².